The van der Waals surface area contributed by atoms with Crippen molar-refractivity contribution in [3.05, 3.63) is 64.2 Å². The molecule has 3 rings (SSSR count). The standard InChI is InChI=1S/C21H27ClN2O/c1-3-25-20-10-9-18(22)15-19(20)21(17-7-5-16(2)6-8-17)24-13-4-11-23-12-14-24/h5-10,15,21,23H,3-4,11-14H2,1-2H3. The summed E-state index contributed by atoms with van der Waals surface area (Å²) in [5, 5.41) is 4.25. The minimum absolute atomic E-state index is 0.153. The highest BCUT2D eigenvalue weighted by Gasteiger charge is 2.26. The molecule has 134 valence electrons. The summed E-state index contributed by atoms with van der Waals surface area (Å²) in [5.74, 6) is 0.926. The fourth-order valence-electron chi connectivity index (χ4n) is 3.48. The van der Waals surface area contributed by atoms with Crippen LogP contribution >= 0.6 is 11.6 Å². The molecule has 1 atom stereocenters. The van der Waals surface area contributed by atoms with E-state index < -0.39 is 0 Å². The normalized spacial score (nSPS) is 17.1. The second-order valence-corrected chi connectivity index (χ2v) is 7.00. The molecule has 25 heavy (non-hydrogen) atoms. The van der Waals surface area contributed by atoms with E-state index in [1.54, 1.807) is 0 Å². The van der Waals surface area contributed by atoms with Gasteiger partial charge in [-0.15, -0.1) is 0 Å². The third kappa shape index (κ3) is 4.55. The van der Waals surface area contributed by atoms with Gasteiger partial charge < -0.3 is 10.1 Å². The molecule has 0 saturated carbocycles. The Labute approximate surface area is 155 Å². The number of halogens is 1. The van der Waals surface area contributed by atoms with Crippen LogP contribution in [0.3, 0.4) is 0 Å². The van der Waals surface area contributed by atoms with Crippen LogP contribution < -0.4 is 10.1 Å². The maximum atomic E-state index is 6.36. The maximum absolute atomic E-state index is 6.36. The summed E-state index contributed by atoms with van der Waals surface area (Å²) in [6.07, 6.45) is 1.15. The molecule has 2 aromatic carbocycles. The van der Waals surface area contributed by atoms with Crippen LogP contribution in [0.15, 0.2) is 42.5 Å². The first-order valence-corrected chi connectivity index (χ1v) is 9.50. The highest BCUT2D eigenvalue weighted by molar-refractivity contribution is 6.30. The van der Waals surface area contributed by atoms with Crippen molar-refractivity contribution in [2.75, 3.05) is 32.8 Å². The van der Waals surface area contributed by atoms with Gasteiger partial charge in [0.05, 0.1) is 12.6 Å². The van der Waals surface area contributed by atoms with Crippen LogP contribution in [0.1, 0.15) is 36.1 Å². The molecule has 1 saturated heterocycles. The summed E-state index contributed by atoms with van der Waals surface area (Å²) in [6.45, 7) is 8.95. The molecule has 1 unspecified atom stereocenters. The van der Waals surface area contributed by atoms with Crippen LogP contribution in [-0.2, 0) is 0 Å². The van der Waals surface area contributed by atoms with Crippen molar-refractivity contribution in [1.82, 2.24) is 10.2 Å². The summed E-state index contributed by atoms with van der Waals surface area (Å²) < 4.78 is 5.94. The molecule has 0 radical (unpaired) electrons. The average molecular weight is 359 g/mol. The van der Waals surface area contributed by atoms with E-state index in [-0.39, 0.29) is 6.04 Å². The van der Waals surface area contributed by atoms with Gasteiger partial charge in [0.15, 0.2) is 0 Å². The Morgan fingerprint density at radius 2 is 1.92 bits per heavy atom. The van der Waals surface area contributed by atoms with Crippen LogP contribution in [0.4, 0.5) is 0 Å². The summed E-state index contributed by atoms with van der Waals surface area (Å²) in [4.78, 5) is 2.54. The SMILES string of the molecule is CCOc1ccc(Cl)cc1C(c1ccc(C)cc1)N1CCCNCC1. The molecular weight excluding hydrogens is 332 g/mol. The molecule has 0 spiro atoms. The molecule has 1 aliphatic rings. The molecule has 1 heterocycles. The van der Waals surface area contributed by atoms with Crippen LogP contribution in [0.5, 0.6) is 5.75 Å². The quantitative estimate of drug-likeness (QED) is 0.855. The lowest BCUT2D eigenvalue weighted by molar-refractivity contribution is 0.233. The Morgan fingerprint density at radius 3 is 2.68 bits per heavy atom. The van der Waals surface area contributed by atoms with Gasteiger partial charge in [0, 0.05) is 30.2 Å². The van der Waals surface area contributed by atoms with E-state index in [1.807, 2.05) is 19.1 Å². The van der Waals surface area contributed by atoms with Crippen molar-refractivity contribution in [1.29, 1.82) is 0 Å². The van der Waals surface area contributed by atoms with Crippen LogP contribution in [0, 0.1) is 6.92 Å². The topological polar surface area (TPSA) is 24.5 Å². The summed E-state index contributed by atoms with van der Waals surface area (Å²) in [7, 11) is 0. The summed E-state index contributed by atoms with van der Waals surface area (Å²) in [5.41, 5.74) is 3.71. The van der Waals surface area contributed by atoms with Gasteiger partial charge in [0.25, 0.3) is 0 Å². The third-order valence-electron chi connectivity index (χ3n) is 4.70. The van der Waals surface area contributed by atoms with Crippen molar-refractivity contribution >= 4 is 11.6 Å². The predicted octanol–water partition coefficient (Wildman–Crippen LogP) is 4.43. The molecule has 1 aliphatic heterocycles. The molecule has 1 N–H and O–H groups in total. The largest absolute Gasteiger partial charge is 0.494 e. The molecule has 4 heteroatoms. The monoisotopic (exact) mass is 358 g/mol. The zero-order chi connectivity index (χ0) is 17.6. The predicted molar refractivity (Wildman–Crippen MR) is 105 cm³/mol. The second-order valence-electron chi connectivity index (χ2n) is 6.57. The number of ether oxygens (including phenoxy) is 1. The Balaban J connectivity index is 2.06. The van der Waals surface area contributed by atoms with E-state index in [0.29, 0.717) is 6.61 Å². The minimum Gasteiger partial charge on any atom is -0.494 e. The molecule has 1 fully saturated rings. The van der Waals surface area contributed by atoms with Gasteiger partial charge in [-0.2, -0.15) is 0 Å². The zero-order valence-electron chi connectivity index (χ0n) is 15.1. The van der Waals surface area contributed by atoms with E-state index in [1.165, 1.54) is 11.1 Å². The van der Waals surface area contributed by atoms with Crippen molar-refractivity contribution in [2.45, 2.75) is 26.3 Å². The molecule has 0 amide bonds. The van der Waals surface area contributed by atoms with Gasteiger partial charge in [-0.05, 0) is 50.6 Å². The van der Waals surface area contributed by atoms with E-state index in [2.05, 4.69) is 47.5 Å². The highest BCUT2D eigenvalue weighted by atomic mass is 35.5. The number of nitrogens with one attached hydrogen (secondary N) is 1. The van der Waals surface area contributed by atoms with Gasteiger partial charge in [-0.3, -0.25) is 4.90 Å². The van der Waals surface area contributed by atoms with Gasteiger partial charge in [0.1, 0.15) is 5.75 Å². The van der Waals surface area contributed by atoms with E-state index in [9.17, 15) is 0 Å². The smallest absolute Gasteiger partial charge is 0.124 e. The average Bonchev–Trinajstić information content (AvgIpc) is 2.89. The highest BCUT2D eigenvalue weighted by Crippen LogP contribution is 2.37. The van der Waals surface area contributed by atoms with Crippen molar-refractivity contribution < 1.29 is 4.74 Å². The van der Waals surface area contributed by atoms with Gasteiger partial charge in [-0.25, -0.2) is 0 Å². The van der Waals surface area contributed by atoms with Crippen molar-refractivity contribution in [3.8, 4) is 5.75 Å². The van der Waals surface area contributed by atoms with E-state index >= 15 is 0 Å². The minimum atomic E-state index is 0.153. The van der Waals surface area contributed by atoms with E-state index in [4.69, 9.17) is 16.3 Å². The number of hydrogen-bond acceptors (Lipinski definition) is 3. The molecular formula is C21H27ClN2O. The third-order valence-corrected chi connectivity index (χ3v) is 4.93. The van der Waals surface area contributed by atoms with Gasteiger partial charge in [0.2, 0.25) is 0 Å². The first-order valence-electron chi connectivity index (χ1n) is 9.12. The second kappa shape index (κ2) is 8.70. The number of nitrogens with zero attached hydrogens (tertiary/aromatic N) is 1. The lowest BCUT2D eigenvalue weighted by atomic mass is 9.95. The maximum Gasteiger partial charge on any atom is 0.124 e. The van der Waals surface area contributed by atoms with Crippen molar-refractivity contribution in [2.24, 2.45) is 0 Å². The number of hydrogen-bond donors (Lipinski definition) is 1. The number of aryl methyl sites for hydroxylation is 1. The Morgan fingerprint density at radius 1 is 1.12 bits per heavy atom. The molecule has 2 aromatic rings. The molecule has 0 aliphatic carbocycles. The number of benzene rings is 2. The Hall–Kier alpha value is -1.55. The van der Waals surface area contributed by atoms with Crippen molar-refractivity contribution in [3.63, 3.8) is 0 Å². The Bertz CT molecular complexity index is 679. The van der Waals surface area contributed by atoms with Crippen LogP contribution in [0.25, 0.3) is 0 Å². The van der Waals surface area contributed by atoms with E-state index in [0.717, 1.165) is 48.9 Å². The summed E-state index contributed by atoms with van der Waals surface area (Å²) >= 11 is 6.36. The lowest BCUT2D eigenvalue weighted by Crippen LogP contribution is -2.33. The van der Waals surface area contributed by atoms with Gasteiger partial charge >= 0.3 is 0 Å². The number of rotatable bonds is 5. The van der Waals surface area contributed by atoms with Crippen LogP contribution in [0.2, 0.25) is 5.02 Å². The van der Waals surface area contributed by atoms with Crippen LogP contribution in [-0.4, -0.2) is 37.7 Å². The molecule has 0 aromatic heterocycles. The first kappa shape index (κ1) is 18.2. The lowest BCUT2D eigenvalue weighted by Gasteiger charge is -2.32. The molecule has 0 bridgehead atoms. The Kier molecular flexibility index (Phi) is 6.35. The summed E-state index contributed by atoms with van der Waals surface area (Å²) in [6, 6.07) is 15.0. The fraction of sp³-hybridized carbons (Fsp3) is 0.429. The van der Waals surface area contributed by atoms with Gasteiger partial charge in [-0.1, -0.05) is 41.4 Å². The first-order chi connectivity index (χ1) is 12.2. The molecule has 3 nitrogen and oxygen atoms in total. The zero-order valence-corrected chi connectivity index (χ0v) is 15.9. The fourth-order valence-corrected chi connectivity index (χ4v) is 3.66.